The van der Waals surface area contributed by atoms with Gasteiger partial charge < -0.3 is 35.9 Å². The number of ether oxygens (including phenoxy) is 1. The third-order valence-electron chi connectivity index (χ3n) is 6.38. The zero-order valence-electron chi connectivity index (χ0n) is 21.0. The number of anilines is 1. The molecule has 1 aromatic carbocycles. The molecule has 1 aliphatic rings. The SMILES string of the molecule is COc1cccc(NC(=O)N[C@H]2CCN(C(=O)c3cccn3C)[C@@H]2C(=O)N[C@@H](Cc2cccs2)C(N)=O)c1. The normalized spacial score (nSPS) is 17.5. The highest BCUT2D eigenvalue weighted by Crippen LogP contribution is 2.23. The summed E-state index contributed by atoms with van der Waals surface area (Å²) in [6.07, 6.45) is 2.30. The molecule has 0 radical (unpaired) electrons. The molecule has 12 heteroatoms. The van der Waals surface area contributed by atoms with Gasteiger partial charge in [0.05, 0.1) is 13.2 Å². The maximum absolute atomic E-state index is 13.6. The lowest BCUT2D eigenvalue weighted by molar-refractivity contribution is -0.130. The number of nitrogens with zero attached hydrogens (tertiary/aromatic N) is 2. The molecular formula is C26H30N6O5S. The van der Waals surface area contributed by atoms with Crippen molar-refractivity contribution in [3.05, 3.63) is 70.7 Å². The molecule has 5 amide bonds. The van der Waals surface area contributed by atoms with Crippen molar-refractivity contribution in [2.75, 3.05) is 19.0 Å². The van der Waals surface area contributed by atoms with E-state index in [4.69, 9.17) is 10.5 Å². The van der Waals surface area contributed by atoms with E-state index >= 15 is 0 Å². The summed E-state index contributed by atoms with van der Waals surface area (Å²) in [6.45, 7) is 0.234. The minimum Gasteiger partial charge on any atom is -0.497 e. The monoisotopic (exact) mass is 538 g/mol. The summed E-state index contributed by atoms with van der Waals surface area (Å²) in [5.41, 5.74) is 6.49. The summed E-state index contributed by atoms with van der Waals surface area (Å²) >= 11 is 1.45. The van der Waals surface area contributed by atoms with Crippen LogP contribution in [0.1, 0.15) is 21.8 Å². The van der Waals surface area contributed by atoms with Crippen LogP contribution in [0.25, 0.3) is 0 Å². The van der Waals surface area contributed by atoms with Crippen molar-refractivity contribution in [1.82, 2.24) is 20.1 Å². The molecule has 0 aliphatic carbocycles. The van der Waals surface area contributed by atoms with Crippen molar-refractivity contribution in [2.24, 2.45) is 12.8 Å². The molecule has 1 saturated heterocycles. The highest BCUT2D eigenvalue weighted by atomic mass is 32.1. The van der Waals surface area contributed by atoms with Gasteiger partial charge in [-0.1, -0.05) is 12.1 Å². The Bertz CT molecular complexity index is 1310. The van der Waals surface area contributed by atoms with Crippen molar-refractivity contribution in [1.29, 1.82) is 0 Å². The minimum absolute atomic E-state index is 0.228. The summed E-state index contributed by atoms with van der Waals surface area (Å²) in [5.74, 6) is -1.05. The van der Waals surface area contributed by atoms with Gasteiger partial charge in [-0.2, -0.15) is 0 Å². The second kappa shape index (κ2) is 11.8. The van der Waals surface area contributed by atoms with Crippen LogP contribution in [-0.4, -0.2) is 65.0 Å². The summed E-state index contributed by atoms with van der Waals surface area (Å²) in [5, 5.41) is 10.1. The van der Waals surface area contributed by atoms with E-state index in [9.17, 15) is 19.2 Å². The first-order valence-corrected chi connectivity index (χ1v) is 12.9. The molecule has 0 unspecified atom stereocenters. The number of aromatic nitrogens is 1. The number of methoxy groups -OCH3 is 1. The molecule has 200 valence electrons. The predicted octanol–water partition coefficient (Wildman–Crippen LogP) is 1.71. The molecule has 1 aliphatic heterocycles. The molecule has 11 nitrogen and oxygen atoms in total. The van der Waals surface area contributed by atoms with E-state index in [1.165, 1.54) is 23.3 Å². The number of nitrogens with two attached hydrogens (primary N) is 1. The van der Waals surface area contributed by atoms with Crippen LogP contribution in [0.4, 0.5) is 10.5 Å². The Morgan fingerprint density at radius 3 is 2.63 bits per heavy atom. The van der Waals surface area contributed by atoms with Crippen LogP contribution < -0.4 is 26.4 Å². The second-order valence-corrected chi connectivity index (χ2v) is 9.95. The average Bonchev–Trinajstić information content (AvgIpc) is 3.64. The Morgan fingerprint density at radius 1 is 1.16 bits per heavy atom. The van der Waals surface area contributed by atoms with Crippen LogP contribution in [0.5, 0.6) is 5.75 Å². The second-order valence-electron chi connectivity index (χ2n) is 8.92. The van der Waals surface area contributed by atoms with Crippen molar-refractivity contribution < 1.29 is 23.9 Å². The molecule has 3 aromatic rings. The van der Waals surface area contributed by atoms with Crippen LogP contribution in [0.15, 0.2) is 60.1 Å². The molecule has 0 bridgehead atoms. The number of amides is 5. The first-order valence-electron chi connectivity index (χ1n) is 12.0. The van der Waals surface area contributed by atoms with Crippen molar-refractivity contribution in [2.45, 2.75) is 31.0 Å². The predicted molar refractivity (Wildman–Crippen MR) is 143 cm³/mol. The number of carbonyl (C=O) groups is 4. The third kappa shape index (κ3) is 6.14. The van der Waals surface area contributed by atoms with Gasteiger partial charge in [-0.15, -0.1) is 11.3 Å². The van der Waals surface area contributed by atoms with Gasteiger partial charge in [-0.25, -0.2) is 4.79 Å². The number of hydrogen-bond acceptors (Lipinski definition) is 6. The fraction of sp³-hybridized carbons (Fsp3) is 0.308. The summed E-state index contributed by atoms with van der Waals surface area (Å²) in [6, 6.07) is 10.7. The minimum atomic E-state index is -1.06. The quantitative estimate of drug-likeness (QED) is 0.327. The number of primary amides is 1. The van der Waals surface area contributed by atoms with E-state index in [0.717, 1.165) is 4.88 Å². The number of thiophene rings is 1. The Balaban J connectivity index is 1.54. The lowest BCUT2D eigenvalue weighted by Gasteiger charge is -2.29. The first-order chi connectivity index (χ1) is 18.3. The summed E-state index contributed by atoms with van der Waals surface area (Å²) in [7, 11) is 3.26. The molecule has 3 heterocycles. The fourth-order valence-corrected chi connectivity index (χ4v) is 5.22. The van der Waals surface area contributed by atoms with E-state index < -0.39 is 36.0 Å². The number of rotatable bonds is 9. The van der Waals surface area contributed by atoms with Crippen LogP contribution >= 0.6 is 11.3 Å². The molecular weight excluding hydrogens is 508 g/mol. The van der Waals surface area contributed by atoms with Crippen molar-refractivity contribution in [3.8, 4) is 5.75 Å². The molecule has 5 N–H and O–H groups in total. The van der Waals surface area contributed by atoms with Crippen LogP contribution in [0.3, 0.4) is 0 Å². The van der Waals surface area contributed by atoms with Crippen LogP contribution in [0, 0.1) is 0 Å². The maximum atomic E-state index is 13.6. The molecule has 3 atom stereocenters. The van der Waals surface area contributed by atoms with E-state index in [1.807, 2.05) is 17.5 Å². The maximum Gasteiger partial charge on any atom is 0.319 e. The number of urea groups is 1. The lowest BCUT2D eigenvalue weighted by Crippen LogP contribution is -2.58. The molecule has 2 aromatic heterocycles. The number of benzene rings is 1. The Kier molecular flexibility index (Phi) is 8.31. The van der Waals surface area contributed by atoms with Gasteiger partial charge in [-0.05, 0) is 42.1 Å². The first kappa shape index (κ1) is 26.7. The number of hydrogen-bond donors (Lipinski definition) is 4. The Hall–Kier alpha value is -4.32. The van der Waals surface area contributed by atoms with Gasteiger partial charge in [0.25, 0.3) is 5.91 Å². The van der Waals surface area contributed by atoms with E-state index in [0.29, 0.717) is 23.6 Å². The van der Waals surface area contributed by atoms with E-state index in [-0.39, 0.29) is 18.9 Å². The highest BCUT2D eigenvalue weighted by Gasteiger charge is 2.44. The number of likely N-dealkylation sites (tertiary alicyclic amines) is 1. The molecule has 0 spiro atoms. The number of carbonyl (C=O) groups excluding carboxylic acids is 4. The number of aryl methyl sites for hydroxylation is 1. The van der Waals surface area contributed by atoms with E-state index in [1.54, 1.807) is 54.2 Å². The lowest BCUT2D eigenvalue weighted by atomic mass is 10.1. The van der Waals surface area contributed by atoms with E-state index in [2.05, 4.69) is 16.0 Å². The van der Waals surface area contributed by atoms with Gasteiger partial charge in [-0.3, -0.25) is 14.4 Å². The molecule has 1 fully saturated rings. The van der Waals surface area contributed by atoms with Gasteiger partial charge in [0, 0.05) is 42.8 Å². The fourth-order valence-electron chi connectivity index (χ4n) is 4.47. The zero-order chi connectivity index (χ0) is 27.2. The largest absolute Gasteiger partial charge is 0.497 e. The molecule has 0 saturated carbocycles. The van der Waals surface area contributed by atoms with Gasteiger partial charge in [0.15, 0.2) is 0 Å². The van der Waals surface area contributed by atoms with Crippen molar-refractivity contribution >= 4 is 40.8 Å². The van der Waals surface area contributed by atoms with Gasteiger partial charge in [0.1, 0.15) is 23.5 Å². The van der Waals surface area contributed by atoms with Gasteiger partial charge in [0.2, 0.25) is 11.8 Å². The Labute approximate surface area is 223 Å². The molecule has 4 rings (SSSR count). The van der Waals surface area contributed by atoms with Crippen LogP contribution in [0.2, 0.25) is 0 Å². The molecule has 38 heavy (non-hydrogen) atoms. The van der Waals surface area contributed by atoms with Crippen LogP contribution in [-0.2, 0) is 23.1 Å². The van der Waals surface area contributed by atoms with Gasteiger partial charge >= 0.3 is 6.03 Å². The number of nitrogens with one attached hydrogen (secondary N) is 3. The standard InChI is InChI=1S/C26H30N6O5S/c1-31-11-4-9-21(31)25(35)32-12-10-19(30-26(36)28-16-6-3-7-17(14-16)37-2)22(32)24(34)29-20(23(27)33)15-18-8-5-13-38-18/h3-9,11,13-14,19-20,22H,10,12,15H2,1-2H3,(H2,27,33)(H,29,34)(H2,28,30,36)/t19-,20-,22-/m0/s1. The Morgan fingerprint density at radius 2 is 1.97 bits per heavy atom. The third-order valence-corrected chi connectivity index (χ3v) is 7.28. The zero-order valence-corrected chi connectivity index (χ0v) is 21.9. The smallest absolute Gasteiger partial charge is 0.319 e. The average molecular weight is 539 g/mol. The summed E-state index contributed by atoms with van der Waals surface area (Å²) < 4.78 is 6.85. The summed E-state index contributed by atoms with van der Waals surface area (Å²) in [4.78, 5) is 54.3. The van der Waals surface area contributed by atoms with Crippen molar-refractivity contribution in [3.63, 3.8) is 0 Å². The highest BCUT2D eigenvalue weighted by molar-refractivity contribution is 7.09. The topological polar surface area (TPSA) is 148 Å².